The third kappa shape index (κ3) is 4.15. The number of hydrogen-bond donors (Lipinski definition) is 2. The molecule has 1 fully saturated rings. The van der Waals surface area contributed by atoms with Gasteiger partial charge in [0.15, 0.2) is 0 Å². The lowest BCUT2D eigenvalue weighted by atomic mass is 10.0. The molecule has 114 valence electrons. The van der Waals surface area contributed by atoms with E-state index in [1.165, 1.54) is 12.1 Å². The largest absolute Gasteiger partial charge is 0.481 e. The summed E-state index contributed by atoms with van der Waals surface area (Å²) in [6, 6.07) is 3.13. The average molecular weight is 316 g/mol. The first kappa shape index (κ1) is 15.7. The van der Waals surface area contributed by atoms with Crippen molar-refractivity contribution in [1.29, 1.82) is 0 Å². The molecule has 0 aromatic heterocycles. The lowest BCUT2D eigenvalue weighted by Crippen LogP contribution is -2.37. The number of carboxylic acid groups (broad SMARTS) is 1. The Morgan fingerprint density at radius 2 is 2.29 bits per heavy atom. The molecule has 5 nitrogen and oxygen atoms in total. The van der Waals surface area contributed by atoms with Crippen molar-refractivity contribution in [2.45, 2.75) is 31.4 Å². The molecule has 0 radical (unpaired) electrons. The van der Waals surface area contributed by atoms with Crippen LogP contribution in [0.4, 0.5) is 4.39 Å². The van der Waals surface area contributed by atoms with Gasteiger partial charge >= 0.3 is 5.97 Å². The van der Waals surface area contributed by atoms with Crippen LogP contribution in [0, 0.1) is 5.82 Å². The number of ether oxygens (including phenoxy) is 1. The highest BCUT2D eigenvalue weighted by Gasteiger charge is 2.27. The quantitative estimate of drug-likeness (QED) is 0.874. The molecule has 21 heavy (non-hydrogen) atoms. The van der Waals surface area contributed by atoms with Crippen LogP contribution in [-0.4, -0.2) is 29.7 Å². The number of aliphatic carboxylic acids is 1. The number of hydrogen-bond acceptors (Lipinski definition) is 3. The Bertz CT molecular complexity index is 546. The molecule has 0 spiro atoms. The van der Waals surface area contributed by atoms with Gasteiger partial charge < -0.3 is 15.2 Å². The maximum Gasteiger partial charge on any atom is 0.305 e. The lowest BCUT2D eigenvalue weighted by Gasteiger charge is -2.20. The Labute approximate surface area is 126 Å². The minimum absolute atomic E-state index is 0.0572. The van der Waals surface area contributed by atoms with E-state index in [2.05, 4.69) is 5.32 Å². The van der Waals surface area contributed by atoms with Gasteiger partial charge in [0.05, 0.1) is 17.5 Å². The van der Waals surface area contributed by atoms with Crippen LogP contribution in [0.2, 0.25) is 5.02 Å². The maximum absolute atomic E-state index is 13.5. The summed E-state index contributed by atoms with van der Waals surface area (Å²) in [5.74, 6) is -2.13. The third-order valence-electron chi connectivity index (χ3n) is 3.26. The van der Waals surface area contributed by atoms with Crippen LogP contribution in [0.3, 0.4) is 0 Å². The molecular weight excluding hydrogens is 301 g/mol. The Morgan fingerprint density at radius 1 is 1.52 bits per heavy atom. The van der Waals surface area contributed by atoms with Gasteiger partial charge in [-0.15, -0.1) is 0 Å². The van der Waals surface area contributed by atoms with E-state index in [0.717, 1.165) is 12.5 Å². The molecule has 0 saturated carbocycles. The van der Waals surface area contributed by atoms with E-state index in [4.69, 9.17) is 21.4 Å². The highest BCUT2D eigenvalue weighted by atomic mass is 35.5. The Kier molecular flexibility index (Phi) is 5.14. The van der Waals surface area contributed by atoms with Crippen LogP contribution in [0.25, 0.3) is 0 Å². The van der Waals surface area contributed by atoms with E-state index in [1.807, 2.05) is 0 Å². The minimum atomic E-state index is -1.09. The second kappa shape index (κ2) is 6.87. The average Bonchev–Trinajstić information content (AvgIpc) is 2.94. The normalized spacial score (nSPS) is 19.2. The fourth-order valence-electron chi connectivity index (χ4n) is 2.21. The van der Waals surface area contributed by atoms with Crippen LogP contribution in [0.15, 0.2) is 18.2 Å². The number of carbonyl (C=O) groups is 2. The van der Waals surface area contributed by atoms with Gasteiger partial charge in [0, 0.05) is 6.61 Å². The number of carboxylic acids is 1. The number of benzene rings is 1. The van der Waals surface area contributed by atoms with Gasteiger partial charge in [-0.3, -0.25) is 9.59 Å². The summed E-state index contributed by atoms with van der Waals surface area (Å²) >= 11 is 5.60. The van der Waals surface area contributed by atoms with E-state index in [0.29, 0.717) is 18.6 Å². The summed E-state index contributed by atoms with van der Waals surface area (Å²) in [5, 5.41) is 11.5. The first-order valence-corrected chi connectivity index (χ1v) is 6.94. The topological polar surface area (TPSA) is 75.6 Å². The maximum atomic E-state index is 13.5. The van der Waals surface area contributed by atoms with Crippen molar-refractivity contribution in [1.82, 2.24) is 5.32 Å². The second-order valence-electron chi connectivity index (χ2n) is 4.83. The van der Waals surface area contributed by atoms with E-state index < -0.39 is 23.9 Å². The zero-order valence-electron chi connectivity index (χ0n) is 11.1. The highest BCUT2D eigenvalue weighted by Crippen LogP contribution is 2.23. The van der Waals surface area contributed by atoms with E-state index >= 15 is 0 Å². The predicted molar refractivity (Wildman–Crippen MR) is 73.5 cm³/mol. The standard InChI is InChI=1S/C14H15ClFNO4/c15-9-4-3-8(6-10(9)16)11(7-13(18)19)17-14(20)12-2-1-5-21-12/h3-4,6,11-12H,1-2,5,7H2,(H,17,20)(H,18,19)/t11-,12+/m1/s1. The summed E-state index contributed by atoms with van der Waals surface area (Å²) in [6.07, 6.45) is 0.468. The van der Waals surface area contributed by atoms with Gasteiger partial charge in [-0.2, -0.15) is 0 Å². The molecular formula is C14H15ClFNO4. The van der Waals surface area contributed by atoms with Crippen LogP contribution >= 0.6 is 11.6 Å². The van der Waals surface area contributed by atoms with Gasteiger partial charge in [-0.25, -0.2) is 4.39 Å². The number of amides is 1. The molecule has 7 heteroatoms. The van der Waals surface area contributed by atoms with Crippen LogP contribution < -0.4 is 5.32 Å². The molecule has 1 aromatic carbocycles. The predicted octanol–water partition coefficient (Wildman–Crippen LogP) is 2.29. The van der Waals surface area contributed by atoms with Gasteiger partial charge in [0.2, 0.25) is 5.91 Å². The lowest BCUT2D eigenvalue weighted by molar-refractivity contribution is -0.138. The summed E-state index contributed by atoms with van der Waals surface area (Å²) < 4.78 is 18.7. The van der Waals surface area contributed by atoms with Crippen molar-refractivity contribution < 1.29 is 23.8 Å². The Balaban J connectivity index is 2.14. The number of nitrogens with one attached hydrogen (secondary N) is 1. The molecule has 0 aliphatic carbocycles. The molecule has 2 N–H and O–H groups in total. The number of halogens is 2. The van der Waals surface area contributed by atoms with Crippen LogP contribution in [0.1, 0.15) is 30.9 Å². The van der Waals surface area contributed by atoms with Crippen molar-refractivity contribution in [3.05, 3.63) is 34.6 Å². The van der Waals surface area contributed by atoms with Gasteiger partial charge in [0.1, 0.15) is 11.9 Å². The van der Waals surface area contributed by atoms with Gasteiger partial charge in [-0.05, 0) is 30.5 Å². The third-order valence-corrected chi connectivity index (χ3v) is 3.57. The number of rotatable bonds is 5. The Hall–Kier alpha value is -1.66. The van der Waals surface area contributed by atoms with E-state index in [9.17, 15) is 14.0 Å². The van der Waals surface area contributed by atoms with E-state index in [1.54, 1.807) is 0 Å². The molecule has 0 bridgehead atoms. The molecule has 1 heterocycles. The molecule has 0 unspecified atom stereocenters. The zero-order chi connectivity index (χ0) is 15.4. The van der Waals surface area contributed by atoms with Crippen LogP contribution in [0.5, 0.6) is 0 Å². The first-order chi connectivity index (χ1) is 9.97. The summed E-state index contributed by atoms with van der Waals surface area (Å²) in [4.78, 5) is 22.9. The van der Waals surface area contributed by atoms with E-state index in [-0.39, 0.29) is 17.4 Å². The molecule has 1 aliphatic heterocycles. The van der Waals surface area contributed by atoms with Gasteiger partial charge in [0.25, 0.3) is 0 Å². The van der Waals surface area contributed by atoms with Crippen molar-refractivity contribution in [2.24, 2.45) is 0 Å². The van der Waals surface area contributed by atoms with Crippen LogP contribution in [-0.2, 0) is 14.3 Å². The molecule has 2 rings (SSSR count). The SMILES string of the molecule is O=C(O)C[C@@H](NC(=O)[C@@H]1CCCO1)c1ccc(Cl)c(F)c1. The van der Waals surface area contributed by atoms with Crippen molar-refractivity contribution in [3.63, 3.8) is 0 Å². The minimum Gasteiger partial charge on any atom is -0.481 e. The number of carbonyl (C=O) groups excluding carboxylic acids is 1. The summed E-state index contributed by atoms with van der Waals surface area (Å²) in [7, 11) is 0. The fraction of sp³-hybridized carbons (Fsp3) is 0.429. The highest BCUT2D eigenvalue weighted by molar-refractivity contribution is 6.30. The van der Waals surface area contributed by atoms with Crippen molar-refractivity contribution in [2.75, 3.05) is 6.61 Å². The summed E-state index contributed by atoms with van der Waals surface area (Å²) in [5.41, 5.74) is 0.352. The zero-order valence-corrected chi connectivity index (χ0v) is 11.9. The first-order valence-electron chi connectivity index (χ1n) is 6.56. The molecule has 1 saturated heterocycles. The molecule has 1 amide bonds. The molecule has 1 aromatic rings. The monoisotopic (exact) mass is 315 g/mol. The smallest absolute Gasteiger partial charge is 0.305 e. The van der Waals surface area contributed by atoms with Crippen molar-refractivity contribution >= 4 is 23.5 Å². The van der Waals surface area contributed by atoms with Gasteiger partial charge in [-0.1, -0.05) is 17.7 Å². The Morgan fingerprint density at radius 3 is 2.86 bits per heavy atom. The molecule has 1 aliphatic rings. The second-order valence-corrected chi connectivity index (χ2v) is 5.24. The summed E-state index contributed by atoms with van der Waals surface area (Å²) in [6.45, 7) is 0.511. The molecule has 2 atom stereocenters. The van der Waals surface area contributed by atoms with Crippen molar-refractivity contribution in [3.8, 4) is 0 Å². The fourth-order valence-corrected chi connectivity index (χ4v) is 2.32.